The fraction of sp³-hybridized carbons (Fsp3) is 0.583. The molecule has 0 spiro atoms. The van der Waals surface area contributed by atoms with E-state index in [2.05, 4.69) is 30.3 Å². The molecular weight excluding hydrogens is 190 g/mol. The van der Waals surface area contributed by atoms with Crippen LogP contribution >= 0.6 is 11.8 Å². The third-order valence-corrected chi connectivity index (χ3v) is 3.24. The van der Waals surface area contributed by atoms with Gasteiger partial charge in [-0.2, -0.15) is 11.8 Å². The zero-order valence-electron chi connectivity index (χ0n) is 9.29. The van der Waals surface area contributed by atoms with E-state index in [4.69, 9.17) is 0 Å². The Hall–Kier alpha value is -0.500. The van der Waals surface area contributed by atoms with Gasteiger partial charge in [0.15, 0.2) is 0 Å². The predicted octanol–water partition coefficient (Wildman–Crippen LogP) is 3.48. The van der Waals surface area contributed by atoms with Gasteiger partial charge in [-0.25, -0.2) is 0 Å². The minimum absolute atomic E-state index is 0.362. The summed E-state index contributed by atoms with van der Waals surface area (Å²) in [7, 11) is 0. The molecule has 0 saturated heterocycles. The maximum Gasteiger partial charge on any atom is 0.0654 e. The third-order valence-electron chi connectivity index (χ3n) is 2.23. The highest BCUT2D eigenvalue weighted by molar-refractivity contribution is 7.99. The van der Waals surface area contributed by atoms with E-state index in [1.807, 2.05) is 25.6 Å². The van der Waals surface area contributed by atoms with Crippen LogP contribution in [0.4, 0.5) is 0 Å². The van der Waals surface area contributed by atoms with Crippen LogP contribution in [0.5, 0.6) is 0 Å². The van der Waals surface area contributed by atoms with E-state index in [-0.39, 0.29) is 0 Å². The van der Waals surface area contributed by atoms with Gasteiger partial charge in [0.05, 0.1) is 6.04 Å². The number of aliphatic imine (C=N–C) groups is 1. The van der Waals surface area contributed by atoms with Gasteiger partial charge < -0.3 is 0 Å². The van der Waals surface area contributed by atoms with Gasteiger partial charge in [0.25, 0.3) is 0 Å². The van der Waals surface area contributed by atoms with Crippen LogP contribution in [0.2, 0.25) is 0 Å². The number of hydrogen-bond donors (Lipinski definition) is 0. The van der Waals surface area contributed by atoms with Gasteiger partial charge >= 0.3 is 0 Å². The molecule has 1 atom stereocenters. The molecule has 78 valence electrons. The number of thioether (sulfide) groups is 1. The molecule has 2 rings (SSSR count). The summed E-state index contributed by atoms with van der Waals surface area (Å²) in [6.07, 6.45) is 7.70. The Kier molecular flexibility index (Phi) is 5.02. The Bertz CT molecular complexity index is 237. The van der Waals surface area contributed by atoms with Gasteiger partial charge in [-0.05, 0) is 30.2 Å². The Morgan fingerprint density at radius 1 is 1.36 bits per heavy atom. The average molecular weight is 209 g/mol. The summed E-state index contributed by atoms with van der Waals surface area (Å²) in [5.74, 6) is 2.43. The second-order valence-electron chi connectivity index (χ2n) is 3.23. The summed E-state index contributed by atoms with van der Waals surface area (Å²) in [4.78, 5) is 4.43. The molecule has 2 heteroatoms. The van der Waals surface area contributed by atoms with Gasteiger partial charge in [0.1, 0.15) is 0 Å². The van der Waals surface area contributed by atoms with Crippen molar-refractivity contribution in [1.82, 2.24) is 0 Å². The molecule has 0 bridgehead atoms. The second-order valence-corrected chi connectivity index (χ2v) is 4.34. The normalized spacial score (nSPS) is 24.9. The van der Waals surface area contributed by atoms with Crippen molar-refractivity contribution in [2.45, 2.75) is 33.2 Å². The highest BCUT2D eigenvalue weighted by atomic mass is 32.2. The van der Waals surface area contributed by atoms with Gasteiger partial charge in [-0.3, -0.25) is 4.99 Å². The number of rotatable bonds is 0. The molecule has 0 N–H and O–H groups in total. The summed E-state index contributed by atoms with van der Waals surface area (Å²) >= 11 is 2.02. The van der Waals surface area contributed by atoms with Crippen molar-refractivity contribution in [3.05, 3.63) is 23.3 Å². The Morgan fingerprint density at radius 2 is 2.14 bits per heavy atom. The van der Waals surface area contributed by atoms with Crippen molar-refractivity contribution < 1.29 is 0 Å². The van der Waals surface area contributed by atoms with Crippen molar-refractivity contribution >= 4 is 18.0 Å². The van der Waals surface area contributed by atoms with Crippen molar-refractivity contribution in [2.75, 3.05) is 11.5 Å². The summed E-state index contributed by atoms with van der Waals surface area (Å²) < 4.78 is 0. The number of hydrogen-bond acceptors (Lipinski definition) is 2. The van der Waals surface area contributed by atoms with Crippen LogP contribution in [0.15, 0.2) is 28.3 Å². The van der Waals surface area contributed by atoms with Crippen LogP contribution in [0.25, 0.3) is 0 Å². The Labute approximate surface area is 91.4 Å². The first-order valence-corrected chi connectivity index (χ1v) is 6.53. The van der Waals surface area contributed by atoms with E-state index >= 15 is 0 Å². The minimum Gasteiger partial charge on any atom is -0.286 e. The average Bonchev–Trinajstić information content (AvgIpc) is 2.45. The van der Waals surface area contributed by atoms with Gasteiger partial charge in [0, 0.05) is 12.0 Å². The van der Waals surface area contributed by atoms with Crippen molar-refractivity contribution in [1.29, 1.82) is 0 Å². The van der Waals surface area contributed by atoms with E-state index < -0.39 is 0 Å². The largest absolute Gasteiger partial charge is 0.286 e. The van der Waals surface area contributed by atoms with E-state index in [1.165, 1.54) is 29.1 Å². The summed E-state index contributed by atoms with van der Waals surface area (Å²) in [6, 6.07) is 0.362. The SMILES string of the molecule is CC.CC1C=CC2=C(C=N1)CCSC2. The molecule has 0 saturated carbocycles. The fourth-order valence-electron chi connectivity index (χ4n) is 1.43. The standard InChI is InChI=1S/C10H13NS.C2H6/c1-8-2-3-10-7-12-5-4-9(10)6-11-8;1-2/h2-3,6,8H,4-5,7H2,1H3;1-2H3. The lowest BCUT2D eigenvalue weighted by Crippen LogP contribution is -2.02. The maximum atomic E-state index is 4.43. The highest BCUT2D eigenvalue weighted by Gasteiger charge is 2.11. The van der Waals surface area contributed by atoms with Crippen LogP contribution < -0.4 is 0 Å². The summed E-state index contributed by atoms with van der Waals surface area (Å²) in [5.41, 5.74) is 2.94. The third kappa shape index (κ3) is 3.02. The highest BCUT2D eigenvalue weighted by Crippen LogP contribution is 2.24. The van der Waals surface area contributed by atoms with Crippen LogP contribution in [-0.4, -0.2) is 23.8 Å². The van der Waals surface area contributed by atoms with E-state index in [0.29, 0.717) is 6.04 Å². The van der Waals surface area contributed by atoms with Gasteiger partial charge in [0.2, 0.25) is 0 Å². The molecule has 2 aliphatic heterocycles. The van der Waals surface area contributed by atoms with Crippen LogP contribution in [-0.2, 0) is 0 Å². The lowest BCUT2D eigenvalue weighted by Gasteiger charge is -2.13. The smallest absolute Gasteiger partial charge is 0.0654 e. The fourth-order valence-corrected chi connectivity index (χ4v) is 2.44. The summed E-state index contributed by atoms with van der Waals surface area (Å²) in [5, 5.41) is 0. The predicted molar refractivity (Wildman–Crippen MR) is 67.4 cm³/mol. The lowest BCUT2D eigenvalue weighted by atomic mass is 10.1. The molecule has 0 fully saturated rings. The molecule has 0 amide bonds. The quantitative estimate of drug-likeness (QED) is 0.595. The lowest BCUT2D eigenvalue weighted by molar-refractivity contribution is 0.934. The summed E-state index contributed by atoms with van der Waals surface area (Å²) in [6.45, 7) is 6.12. The molecule has 14 heavy (non-hydrogen) atoms. The zero-order chi connectivity index (χ0) is 10.4. The molecule has 1 unspecified atom stereocenters. The van der Waals surface area contributed by atoms with Crippen molar-refractivity contribution in [3.8, 4) is 0 Å². The Morgan fingerprint density at radius 3 is 2.93 bits per heavy atom. The zero-order valence-corrected chi connectivity index (χ0v) is 10.1. The van der Waals surface area contributed by atoms with Crippen LogP contribution in [0.3, 0.4) is 0 Å². The first-order chi connectivity index (χ1) is 6.86. The Balaban J connectivity index is 0.000000461. The molecule has 0 aromatic rings. The molecule has 0 aliphatic carbocycles. The topological polar surface area (TPSA) is 12.4 Å². The number of nitrogens with zero attached hydrogens (tertiary/aromatic N) is 1. The molecule has 0 aromatic carbocycles. The molecule has 0 radical (unpaired) electrons. The monoisotopic (exact) mass is 209 g/mol. The van der Waals surface area contributed by atoms with Crippen LogP contribution in [0.1, 0.15) is 27.2 Å². The molecule has 2 aliphatic rings. The maximum absolute atomic E-state index is 4.43. The van der Waals surface area contributed by atoms with Crippen molar-refractivity contribution in [3.63, 3.8) is 0 Å². The number of allylic oxidation sites excluding steroid dienone is 2. The van der Waals surface area contributed by atoms with Crippen LogP contribution in [0, 0.1) is 0 Å². The first-order valence-electron chi connectivity index (χ1n) is 5.37. The van der Waals surface area contributed by atoms with Crippen molar-refractivity contribution in [2.24, 2.45) is 4.99 Å². The van der Waals surface area contributed by atoms with Gasteiger partial charge in [-0.15, -0.1) is 0 Å². The molecular formula is C12H19NS. The second kappa shape index (κ2) is 6.07. The van der Waals surface area contributed by atoms with Gasteiger partial charge in [-0.1, -0.05) is 26.0 Å². The molecule has 1 nitrogen and oxygen atoms in total. The first kappa shape index (κ1) is 11.6. The van der Waals surface area contributed by atoms with E-state index in [9.17, 15) is 0 Å². The van der Waals surface area contributed by atoms with E-state index in [0.717, 1.165) is 0 Å². The van der Waals surface area contributed by atoms with E-state index in [1.54, 1.807) is 0 Å². The molecule has 0 aromatic heterocycles. The molecule has 2 heterocycles. The minimum atomic E-state index is 0.362.